The van der Waals surface area contributed by atoms with E-state index in [-0.39, 0.29) is 12.6 Å². The minimum atomic E-state index is 0.264. The Morgan fingerprint density at radius 1 is 1.21 bits per heavy atom. The third-order valence-electron chi connectivity index (χ3n) is 6.25. The molecule has 4 heteroatoms. The number of rotatable bonds is 3. The molecular formula is C20H23NO3. The Kier molecular flexibility index (Phi) is 3.32. The zero-order chi connectivity index (χ0) is 16.1. The number of benzene rings is 1. The molecule has 4 nitrogen and oxygen atoms in total. The van der Waals surface area contributed by atoms with Gasteiger partial charge in [0.1, 0.15) is 0 Å². The molecule has 2 aliphatic carbocycles. The summed E-state index contributed by atoms with van der Waals surface area (Å²) in [5.41, 5.74) is 3.27. The quantitative estimate of drug-likeness (QED) is 0.866. The van der Waals surface area contributed by atoms with Crippen molar-refractivity contribution in [1.82, 2.24) is 5.32 Å². The topological polar surface area (TPSA) is 47.6 Å². The van der Waals surface area contributed by atoms with Gasteiger partial charge in [0.2, 0.25) is 6.79 Å². The van der Waals surface area contributed by atoms with E-state index in [4.69, 9.17) is 9.47 Å². The summed E-state index contributed by atoms with van der Waals surface area (Å²) in [5, 5.41) is 3.40. The second-order valence-electron chi connectivity index (χ2n) is 7.70. The fourth-order valence-corrected chi connectivity index (χ4v) is 5.10. The van der Waals surface area contributed by atoms with Crippen molar-refractivity contribution >= 4 is 11.5 Å². The number of hydrogen-bond donors (Lipinski definition) is 1. The van der Waals surface area contributed by atoms with Crippen LogP contribution in [0.3, 0.4) is 0 Å². The first-order valence-corrected chi connectivity index (χ1v) is 9.17. The van der Waals surface area contributed by atoms with Gasteiger partial charge >= 0.3 is 0 Å². The number of carbonyl (C=O) groups is 1. The first kappa shape index (κ1) is 14.4. The number of carbonyl (C=O) groups excluding carboxylic acids is 1. The summed E-state index contributed by atoms with van der Waals surface area (Å²) < 4.78 is 11.0. The number of allylic oxidation sites excluding steroid dienone is 1. The molecule has 2 aliphatic heterocycles. The fraction of sp³-hybridized carbons (Fsp3) is 0.550. The second kappa shape index (κ2) is 5.54. The third kappa shape index (κ3) is 2.40. The van der Waals surface area contributed by atoms with E-state index in [9.17, 15) is 4.79 Å². The summed E-state index contributed by atoms with van der Waals surface area (Å²) in [6, 6.07) is 4.08. The van der Waals surface area contributed by atoms with Gasteiger partial charge in [-0.1, -0.05) is 6.42 Å². The lowest BCUT2D eigenvalue weighted by Crippen LogP contribution is -2.24. The monoisotopic (exact) mass is 325 g/mol. The van der Waals surface area contributed by atoms with Crippen molar-refractivity contribution in [3.05, 3.63) is 29.3 Å². The van der Waals surface area contributed by atoms with E-state index < -0.39 is 0 Å². The maximum Gasteiger partial charge on any atom is 0.231 e. The smallest absolute Gasteiger partial charge is 0.231 e. The molecule has 1 aromatic rings. The largest absolute Gasteiger partial charge is 0.454 e. The molecule has 0 unspecified atom stereocenters. The standard InChI is InChI=1S/C20H23NO3/c22-16(7-15-6-12-1-2-13(15)5-12)9-18-17-10-20-19(23-11-24-20)8-14(17)3-4-21-18/h8-10,12-13,15,21H,1-7,11H2/b18-9-/t12-,13+,15+/m1/s1. The molecule has 2 bridgehead atoms. The Balaban J connectivity index is 1.37. The van der Waals surface area contributed by atoms with E-state index in [1.165, 1.54) is 31.2 Å². The van der Waals surface area contributed by atoms with Crippen LogP contribution in [-0.2, 0) is 11.2 Å². The molecule has 0 radical (unpaired) electrons. The normalized spacial score (nSPS) is 31.2. The van der Waals surface area contributed by atoms with Gasteiger partial charge in [-0.25, -0.2) is 0 Å². The molecule has 5 rings (SSSR count). The van der Waals surface area contributed by atoms with Crippen molar-refractivity contribution in [1.29, 1.82) is 0 Å². The van der Waals surface area contributed by atoms with Crippen LogP contribution < -0.4 is 14.8 Å². The molecule has 0 aromatic heterocycles. The number of ether oxygens (including phenoxy) is 2. The summed E-state index contributed by atoms with van der Waals surface area (Å²) in [6.45, 7) is 1.15. The van der Waals surface area contributed by atoms with Crippen LogP contribution in [0.2, 0.25) is 0 Å². The van der Waals surface area contributed by atoms with Crippen molar-refractivity contribution in [2.75, 3.05) is 13.3 Å². The Hall–Kier alpha value is -1.97. The Labute approximate surface area is 142 Å². The SMILES string of the molecule is O=C(/C=C1\NCCc2cc3c(cc21)OCO3)C[C@@H]1C[C@@H]2CC[C@H]1C2. The lowest BCUT2D eigenvalue weighted by atomic mass is 9.85. The first-order chi connectivity index (χ1) is 11.8. The van der Waals surface area contributed by atoms with Crippen molar-refractivity contribution in [3.63, 3.8) is 0 Å². The molecule has 0 spiro atoms. The summed E-state index contributed by atoms with van der Waals surface area (Å²) >= 11 is 0. The van der Waals surface area contributed by atoms with Crippen molar-refractivity contribution in [2.45, 2.75) is 38.5 Å². The van der Waals surface area contributed by atoms with E-state index in [1.807, 2.05) is 12.1 Å². The molecule has 2 saturated carbocycles. The maximum absolute atomic E-state index is 12.6. The predicted molar refractivity (Wildman–Crippen MR) is 90.8 cm³/mol. The van der Waals surface area contributed by atoms with Crippen LogP contribution in [-0.4, -0.2) is 19.1 Å². The minimum Gasteiger partial charge on any atom is -0.454 e. The van der Waals surface area contributed by atoms with Crippen LogP contribution in [0, 0.1) is 17.8 Å². The number of nitrogens with one attached hydrogen (secondary N) is 1. The van der Waals surface area contributed by atoms with Gasteiger partial charge in [-0.2, -0.15) is 0 Å². The van der Waals surface area contributed by atoms with Gasteiger partial charge in [-0.15, -0.1) is 0 Å². The summed E-state index contributed by atoms with van der Waals surface area (Å²) in [7, 11) is 0. The van der Waals surface area contributed by atoms with Gasteiger partial charge in [-0.05, 0) is 61.1 Å². The summed E-state index contributed by atoms with van der Waals surface area (Å²) in [6.07, 6.45) is 8.84. The van der Waals surface area contributed by atoms with Crippen LogP contribution in [0.5, 0.6) is 11.5 Å². The summed E-state index contributed by atoms with van der Waals surface area (Å²) in [5.74, 6) is 4.19. The molecule has 1 aromatic carbocycles. The number of ketones is 1. The molecule has 0 amide bonds. The molecule has 4 aliphatic rings. The molecule has 2 heterocycles. The van der Waals surface area contributed by atoms with Gasteiger partial charge in [0, 0.05) is 30.3 Å². The molecule has 1 N–H and O–H groups in total. The third-order valence-corrected chi connectivity index (χ3v) is 6.25. The number of hydrogen-bond acceptors (Lipinski definition) is 4. The lowest BCUT2D eigenvalue weighted by molar-refractivity contribution is -0.115. The van der Waals surface area contributed by atoms with Crippen molar-refractivity contribution in [3.8, 4) is 11.5 Å². The highest BCUT2D eigenvalue weighted by atomic mass is 16.7. The van der Waals surface area contributed by atoms with Crippen LogP contribution in [0.4, 0.5) is 0 Å². The highest BCUT2D eigenvalue weighted by molar-refractivity contribution is 5.97. The number of fused-ring (bicyclic) bond motifs is 4. The van der Waals surface area contributed by atoms with Gasteiger partial charge in [-0.3, -0.25) is 4.79 Å². The van der Waals surface area contributed by atoms with E-state index in [1.54, 1.807) is 0 Å². The van der Waals surface area contributed by atoms with E-state index in [2.05, 4.69) is 11.4 Å². The zero-order valence-corrected chi connectivity index (χ0v) is 13.8. The second-order valence-corrected chi connectivity index (χ2v) is 7.70. The van der Waals surface area contributed by atoms with Crippen LogP contribution in [0.25, 0.3) is 5.70 Å². The Morgan fingerprint density at radius 2 is 2.08 bits per heavy atom. The molecule has 3 atom stereocenters. The van der Waals surface area contributed by atoms with Gasteiger partial charge in [0.25, 0.3) is 0 Å². The van der Waals surface area contributed by atoms with Crippen LogP contribution in [0.1, 0.15) is 43.2 Å². The molecule has 24 heavy (non-hydrogen) atoms. The van der Waals surface area contributed by atoms with Gasteiger partial charge in [0.15, 0.2) is 17.3 Å². The molecule has 2 fully saturated rings. The predicted octanol–water partition coefficient (Wildman–Crippen LogP) is 3.30. The molecule has 0 saturated heterocycles. The highest BCUT2D eigenvalue weighted by Crippen LogP contribution is 2.49. The lowest BCUT2D eigenvalue weighted by Gasteiger charge is -2.23. The first-order valence-electron chi connectivity index (χ1n) is 9.17. The summed E-state index contributed by atoms with van der Waals surface area (Å²) in [4.78, 5) is 12.6. The van der Waals surface area contributed by atoms with E-state index in [0.29, 0.717) is 12.3 Å². The fourth-order valence-electron chi connectivity index (χ4n) is 5.10. The van der Waals surface area contributed by atoms with Crippen molar-refractivity contribution in [2.24, 2.45) is 17.8 Å². The van der Waals surface area contributed by atoms with Gasteiger partial charge < -0.3 is 14.8 Å². The van der Waals surface area contributed by atoms with Crippen LogP contribution in [0.15, 0.2) is 18.2 Å². The molecule has 126 valence electrons. The zero-order valence-electron chi connectivity index (χ0n) is 13.8. The highest BCUT2D eigenvalue weighted by Gasteiger charge is 2.39. The van der Waals surface area contributed by atoms with Crippen LogP contribution >= 0.6 is 0 Å². The Morgan fingerprint density at radius 3 is 2.88 bits per heavy atom. The molecular weight excluding hydrogens is 302 g/mol. The van der Waals surface area contributed by atoms with Gasteiger partial charge in [0.05, 0.1) is 0 Å². The van der Waals surface area contributed by atoms with E-state index in [0.717, 1.165) is 47.6 Å². The average Bonchev–Trinajstić information content (AvgIpc) is 3.29. The maximum atomic E-state index is 12.6. The minimum absolute atomic E-state index is 0.264. The average molecular weight is 325 g/mol. The van der Waals surface area contributed by atoms with Crippen molar-refractivity contribution < 1.29 is 14.3 Å². The van der Waals surface area contributed by atoms with E-state index >= 15 is 0 Å². The Bertz CT molecular complexity index is 724.